The Morgan fingerprint density at radius 3 is 2.41 bits per heavy atom. The zero-order chi connectivity index (χ0) is 12.3. The minimum atomic E-state index is 0.316. The van der Waals surface area contributed by atoms with E-state index < -0.39 is 0 Å². The van der Waals surface area contributed by atoms with Gasteiger partial charge >= 0.3 is 0 Å². The van der Waals surface area contributed by atoms with Gasteiger partial charge in [-0.15, -0.1) is 0 Å². The molecule has 1 aromatic rings. The van der Waals surface area contributed by atoms with Crippen LogP contribution in [0.5, 0.6) is 0 Å². The van der Waals surface area contributed by atoms with Crippen LogP contribution >= 0.6 is 0 Å². The van der Waals surface area contributed by atoms with Crippen LogP contribution in [0.15, 0.2) is 24.3 Å². The molecule has 2 rings (SSSR count). The van der Waals surface area contributed by atoms with E-state index in [1.54, 1.807) is 6.92 Å². The molecule has 1 aliphatic heterocycles. The standard InChI is InChI=1S/C14H20N2O/c1-11(17)10-12-6-8-16(9-7-12)14-4-2-13(15)3-5-14/h2-5,12H,6-10,15H2,1H3. The molecule has 0 spiro atoms. The molecule has 0 radical (unpaired) electrons. The molecule has 1 aliphatic rings. The van der Waals surface area contributed by atoms with Gasteiger partial charge in [0.2, 0.25) is 0 Å². The summed E-state index contributed by atoms with van der Waals surface area (Å²) in [6, 6.07) is 8.02. The molecule has 17 heavy (non-hydrogen) atoms. The summed E-state index contributed by atoms with van der Waals surface area (Å²) < 4.78 is 0. The minimum absolute atomic E-state index is 0.316. The lowest BCUT2D eigenvalue weighted by atomic mass is 9.92. The van der Waals surface area contributed by atoms with Crippen LogP contribution in [0.4, 0.5) is 11.4 Å². The third kappa shape index (κ3) is 3.22. The van der Waals surface area contributed by atoms with Gasteiger partial charge in [-0.2, -0.15) is 0 Å². The van der Waals surface area contributed by atoms with Crippen molar-refractivity contribution in [1.29, 1.82) is 0 Å². The molecular formula is C14H20N2O. The highest BCUT2D eigenvalue weighted by Gasteiger charge is 2.20. The number of anilines is 2. The first kappa shape index (κ1) is 12.0. The van der Waals surface area contributed by atoms with Crippen molar-refractivity contribution in [3.63, 3.8) is 0 Å². The van der Waals surface area contributed by atoms with Gasteiger partial charge in [0, 0.05) is 30.9 Å². The second-order valence-electron chi connectivity index (χ2n) is 4.93. The molecule has 3 heteroatoms. The number of nitrogen functional groups attached to an aromatic ring is 1. The van der Waals surface area contributed by atoms with Crippen molar-refractivity contribution < 1.29 is 4.79 Å². The van der Waals surface area contributed by atoms with Crippen LogP contribution in [-0.2, 0) is 4.79 Å². The van der Waals surface area contributed by atoms with Crippen LogP contribution in [0.2, 0.25) is 0 Å². The van der Waals surface area contributed by atoms with E-state index in [0.717, 1.165) is 38.0 Å². The summed E-state index contributed by atoms with van der Waals surface area (Å²) >= 11 is 0. The van der Waals surface area contributed by atoms with Crippen LogP contribution in [0.1, 0.15) is 26.2 Å². The van der Waals surface area contributed by atoms with E-state index in [-0.39, 0.29) is 0 Å². The smallest absolute Gasteiger partial charge is 0.130 e. The highest BCUT2D eigenvalue weighted by atomic mass is 16.1. The minimum Gasteiger partial charge on any atom is -0.399 e. The molecule has 0 unspecified atom stereocenters. The number of carbonyl (C=O) groups is 1. The first-order chi connectivity index (χ1) is 8.15. The molecule has 0 atom stereocenters. The van der Waals surface area contributed by atoms with Gasteiger partial charge in [-0.05, 0) is 49.9 Å². The Labute approximate surface area is 103 Å². The molecule has 3 nitrogen and oxygen atoms in total. The van der Waals surface area contributed by atoms with E-state index >= 15 is 0 Å². The Morgan fingerprint density at radius 1 is 1.29 bits per heavy atom. The van der Waals surface area contributed by atoms with Crippen molar-refractivity contribution in [3.05, 3.63) is 24.3 Å². The zero-order valence-corrected chi connectivity index (χ0v) is 10.4. The summed E-state index contributed by atoms with van der Waals surface area (Å²) in [4.78, 5) is 13.4. The number of piperidine rings is 1. The Morgan fingerprint density at radius 2 is 1.88 bits per heavy atom. The molecule has 0 amide bonds. The molecule has 1 heterocycles. The number of ketones is 1. The van der Waals surface area contributed by atoms with Gasteiger partial charge in [0.05, 0.1) is 0 Å². The molecule has 0 bridgehead atoms. The maximum Gasteiger partial charge on any atom is 0.130 e. The maximum absolute atomic E-state index is 11.1. The molecule has 0 aliphatic carbocycles. The quantitative estimate of drug-likeness (QED) is 0.814. The monoisotopic (exact) mass is 232 g/mol. The predicted octanol–water partition coefficient (Wildman–Crippen LogP) is 2.46. The first-order valence-corrected chi connectivity index (χ1v) is 6.25. The molecular weight excluding hydrogens is 212 g/mol. The lowest BCUT2D eigenvalue weighted by Crippen LogP contribution is -2.34. The van der Waals surface area contributed by atoms with E-state index in [0.29, 0.717) is 11.7 Å². The summed E-state index contributed by atoms with van der Waals surface area (Å²) in [6.45, 7) is 3.77. The number of hydrogen-bond acceptors (Lipinski definition) is 3. The van der Waals surface area contributed by atoms with E-state index in [1.807, 2.05) is 12.1 Å². The van der Waals surface area contributed by atoms with Gasteiger partial charge in [0.1, 0.15) is 5.78 Å². The number of nitrogens with zero attached hydrogens (tertiary/aromatic N) is 1. The molecule has 0 aromatic heterocycles. The van der Waals surface area contributed by atoms with Gasteiger partial charge in [-0.1, -0.05) is 0 Å². The molecule has 1 saturated heterocycles. The highest BCUT2D eigenvalue weighted by molar-refractivity contribution is 5.75. The average molecular weight is 232 g/mol. The first-order valence-electron chi connectivity index (χ1n) is 6.25. The largest absolute Gasteiger partial charge is 0.399 e. The predicted molar refractivity (Wildman–Crippen MR) is 71.1 cm³/mol. The summed E-state index contributed by atoms with van der Waals surface area (Å²) in [5.41, 5.74) is 7.72. The van der Waals surface area contributed by atoms with Gasteiger partial charge in [-0.3, -0.25) is 0 Å². The van der Waals surface area contributed by atoms with Gasteiger partial charge in [0.25, 0.3) is 0 Å². The zero-order valence-electron chi connectivity index (χ0n) is 10.4. The number of hydrogen-bond donors (Lipinski definition) is 1. The van der Waals surface area contributed by atoms with Gasteiger partial charge in [-0.25, -0.2) is 0 Å². The Kier molecular flexibility index (Phi) is 3.67. The van der Waals surface area contributed by atoms with Crippen molar-refractivity contribution >= 4 is 17.2 Å². The van der Waals surface area contributed by atoms with Crippen molar-refractivity contribution in [2.45, 2.75) is 26.2 Å². The molecule has 0 saturated carbocycles. The second kappa shape index (κ2) is 5.21. The number of nitrogens with two attached hydrogens (primary N) is 1. The summed E-state index contributed by atoms with van der Waals surface area (Å²) in [6.07, 6.45) is 2.98. The van der Waals surface area contributed by atoms with Crippen molar-refractivity contribution in [2.75, 3.05) is 23.7 Å². The van der Waals surface area contributed by atoms with E-state index in [9.17, 15) is 4.79 Å². The van der Waals surface area contributed by atoms with Crippen LogP contribution in [-0.4, -0.2) is 18.9 Å². The fourth-order valence-electron chi connectivity index (χ4n) is 2.49. The van der Waals surface area contributed by atoms with Crippen molar-refractivity contribution in [3.8, 4) is 0 Å². The van der Waals surface area contributed by atoms with E-state index in [2.05, 4.69) is 17.0 Å². The molecule has 2 N–H and O–H groups in total. The molecule has 1 aromatic carbocycles. The summed E-state index contributed by atoms with van der Waals surface area (Å²) in [7, 11) is 0. The SMILES string of the molecule is CC(=O)CC1CCN(c2ccc(N)cc2)CC1. The summed E-state index contributed by atoms with van der Waals surface area (Å²) in [5, 5.41) is 0. The van der Waals surface area contributed by atoms with Crippen LogP contribution < -0.4 is 10.6 Å². The maximum atomic E-state index is 11.1. The Hall–Kier alpha value is -1.51. The molecule has 1 fully saturated rings. The number of Topliss-reactive ketones (excluding diaryl/α,β-unsaturated/α-hetero) is 1. The second-order valence-corrected chi connectivity index (χ2v) is 4.93. The highest BCUT2D eigenvalue weighted by Crippen LogP contribution is 2.25. The summed E-state index contributed by atoms with van der Waals surface area (Å²) in [5.74, 6) is 0.897. The van der Waals surface area contributed by atoms with Gasteiger partial charge in [0.15, 0.2) is 0 Å². The number of rotatable bonds is 3. The lowest BCUT2D eigenvalue weighted by molar-refractivity contribution is -0.118. The topological polar surface area (TPSA) is 46.3 Å². The fourth-order valence-corrected chi connectivity index (χ4v) is 2.49. The van der Waals surface area contributed by atoms with Gasteiger partial charge < -0.3 is 15.4 Å². The third-order valence-electron chi connectivity index (χ3n) is 3.45. The van der Waals surface area contributed by atoms with Crippen molar-refractivity contribution in [2.24, 2.45) is 5.92 Å². The van der Waals surface area contributed by atoms with Crippen LogP contribution in [0.3, 0.4) is 0 Å². The Bertz CT molecular complexity index is 378. The van der Waals surface area contributed by atoms with Crippen LogP contribution in [0, 0.1) is 5.92 Å². The third-order valence-corrected chi connectivity index (χ3v) is 3.45. The molecule has 92 valence electrons. The fraction of sp³-hybridized carbons (Fsp3) is 0.500. The van der Waals surface area contributed by atoms with Crippen molar-refractivity contribution in [1.82, 2.24) is 0 Å². The average Bonchev–Trinajstić information content (AvgIpc) is 2.30. The van der Waals surface area contributed by atoms with E-state index in [4.69, 9.17) is 5.73 Å². The lowest BCUT2D eigenvalue weighted by Gasteiger charge is -2.33. The van der Waals surface area contributed by atoms with Crippen LogP contribution in [0.25, 0.3) is 0 Å². The number of carbonyl (C=O) groups excluding carboxylic acids is 1. The normalized spacial score (nSPS) is 17.1. The Balaban J connectivity index is 1.90. The van der Waals surface area contributed by atoms with E-state index in [1.165, 1.54) is 5.69 Å². The number of benzene rings is 1.